The van der Waals surface area contributed by atoms with Crippen molar-refractivity contribution in [3.05, 3.63) is 11.1 Å². The molecule has 0 aromatic carbocycles. The first kappa shape index (κ1) is 5.03. The highest BCUT2D eigenvalue weighted by Crippen LogP contribution is 1.93. The summed E-state index contributed by atoms with van der Waals surface area (Å²) in [4.78, 5) is 0. The maximum Gasteiger partial charge on any atom is 0.0107 e. The zero-order valence-corrected chi connectivity index (χ0v) is 4.21. The van der Waals surface area contributed by atoms with Gasteiger partial charge in [-0.3, -0.25) is 0 Å². The molecule has 0 saturated carbocycles. The summed E-state index contributed by atoms with van der Waals surface area (Å²) in [7, 11) is 0. The van der Waals surface area contributed by atoms with E-state index in [9.17, 15) is 0 Å². The molecule has 0 aliphatic heterocycles. The van der Waals surface area contributed by atoms with E-state index >= 15 is 0 Å². The molecule has 5 heavy (non-hydrogen) atoms. The molecule has 0 heterocycles. The molecule has 0 aromatic rings. The molecule has 0 N–H and O–H groups in total. The molecule has 0 radical (unpaired) electrons. The fourth-order valence-corrected chi connectivity index (χ4v) is 0. The quantitative estimate of drug-likeness (QED) is 0.428. The molecule has 1 heteroatoms. The zero-order valence-electron chi connectivity index (χ0n) is 3.46. The van der Waals surface area contributed by atoms with Gasteiger partial charge in [0.2, 0.25) is 0 Å². The lowest BCUT2D eigenvalue weighted by Crippen LogP contribution is -1.45. The summed E-state index contributed by atoms with van der Waals surface area (Å²) in [5, 5.41) is 0.852. The van der Waals surface area contributed by atoms with Crippen molar-refractivity contribution in [1.29, 1.82) is 0 Å². The second-order valence-electron chi connectivity index (χ2n) is 0.875. The van der Waals surface area contributed by atoms with Crippen LogP contribution in [0.5, 0.6) is 0 Å². The maximum atomic E-state index is 5.32. The van der Waals surface area contributed by atoms with Crippen LogP contribution in [0.1, 0.15) is 13.8 Å². The van der Waals surface area contributed by atoms with E-state index in [1.807, 2.05) is 19.9 Å². The van der Waals surface area contributed by atoms with Crippen molar-refractivity contribution in [2.45, 2.75) is 13.8 Å². The summed E-state index contributed by atoms with van der Waals surface area (Å²) in [5.41, 5.74) is 0. The van der Waals surface area contributed by atoms with Crippen LogP contribution in [-0.2, 0) is 0 Å². The molecule has 0 unspecified atom stereocenters. The second kappa shape index (κ2) is 2.28. The Bertz CT molecular complexity index is 41.6. The first-order chi connectivity index (χ1) is 2.27. The molecule has 0 nitrogen and oxygen atoms in total. The van der Waals surface area contributed by atoms with Gasteiger partial charge in [0.05, 0.1) is 0 Å². The normalized spacial score (nSPS) is 12.2. The molecule has 0 fully saturated rings. The van der Waals surface area contributed by atoms with Gasteiger partial charge in [0.15, 0.2) is 0 Å². The first-order valence-electron chi connectivity index (χ1n) is 1.56. The van der Waals surface area contributed by atoms with Crippen molar-refractivity contribution in [1.82, 2.24) is 0 Å². The first-order valence-corrected chi connectivity index (χ1v) is 1.93. The summed E-state index contributed by atoms with van der Waals surface area (Å²) in [6.45, 7) is 3.75. The van der Waals surface area contributed by atoms with Crippen molar-refractivity contribution in [3.8, 4) is 0 Å². The van der Waals surface area contributed by atoms with Crippen molar-refractivity contribution in [3.63, 3.8) is 0 Å². The highest BCUT2D eigenvalue weighted by Gasteiger charge is 1.64. The third-order valence-corrected chi connectivity index (χ3v) is 0.616. The van der Waals surface area contributed by atoms with Gasteiger partial charge in [0, 0.05) is 5.03 Å². The Hall–Kier alpha value is 0.0300. The lowest BCUT2D eigenvalue weighted by Gasteiger charge is -1.70. The van der Waals surface area contributed by atoms with Gasteiger partial charge in [-0.25, -0.2) is 0 Å². The van der Waals surface area contributed by atoms with Crippen molar-refractivity contribution < 1.29 is 0 Å². The van der Waals surface area contributed by atoms with Gasteiger partial charge in [-0.1, -0.05) is 17.7 Å². The molecule has 0 aliphatic rings. The van der Waals surface area contributed by atoms with Gasteiger partial charge in [-0.2, -0.15) is 0 Å². The fraction of sp³-hybridized carbons (Fsp3) is 0.500. The smallest absolute Gasteiger partial charge is 0.0107 e. The van der Waals surface area contributed by atoms with Crippen LogP contribution >= 0.6 is 11.6 Å². The molecule has 0 saturated heterocycles. The van der Waals surface area contributed by atoms with Crippen LogP contribution in [0.2, 0.25) is 0 Å². The number of hydrogen-bond donors (Lipinski definition) is 0. The maximum absolute atomic E-state index is 5.32. The molecule has 0 aliphatic carbocycles. The van der Waals surface area contributed by atoms with Gasteiger partial charge in [0.1, 0.15) is 0 Å². The summed E-state index contributed by atoms with van der Waals surface area (Å²) in [6.07, 6.45) is 1.85. The predicted octanol–water partition coefficient (Wildman–Crippen LogP) is 2.15. The molecule has 0 aromatic heterocycles. The van der Waals surface area contributed by atoms with Gasteiger partial charge >= 0.3 is 0 Å². The minimum absolute atomic E-state index is 0.852. The largest absolute Gasteiger partial charge is 0.0898 e. The Kier molecular flexibility index (Phi) is 2.29. The van der Waals surface area contributed by atoms with Crippen LogP contribution in [0.25, 0.3) is 0 Å². The van der Waals surface area contributed by atoms with Crippen LogP contribution in [0, 0.1) is 0 Å². The van der Waals surface area contributed by atoms with Crippen molar-refractivity contribution in [2.75, 3.05) is 0 Å². The van der Waals surface area contributed by atoms with Crippen molar-refractivity contribution in [2.24, 2.45) is 0 Å². The van der Waals surface area contributed by atoms with E-state index in [4.69, 9.17) is 11.6 Å². The van der Waals surface area contributed by atoms with Crippen LogP contribution in [-0.4, -0.2) is 0 Å². The highest BCUT2D eigenvalue weighted by molar-refractivity contribution is 6.29. The van der Waals surface area contributed by atoms with E-state index in [2.05, 4.69) is 0 Å². The van der Waals surface area contributed by atoms with Gasteiger partial charge in [0.25, 0.3) is 0 Å². The number of rotatable bonds is 0. The van der Waals surface area contributed by atoms with E-state index in [0.29, 0.717) is 0 Å². The van der Waals surface area contributed by atoms with E-state index in [1.54, 1.807) is 0 Å². The van der Waals surface area contributed by atoms with Gasteiger partial charge in [-0.15, -0.1) is 0 Å². The number of hydrogen-bond acceptors (Lipinski definition) is 0. The number of allylic oxidation sites excluding steroid dienone is 2. The lowest BCUT2D eigenvalue weighted by atomic mass is 10.6. The van der Waals surface area contributed by atoms with Crippen LogP contribution in [0.15, 0.2) is 11.1 Å². The highest BCUT2D eigenvalue weighted by atomic mass is 35.5. The van der Waals surface area contributed by atoms with E-state index < -0.39 is 0 Å². The summed E-state index contributed by atoms with van der Waals surface area (Å²) < 4.78 is 0. The summed E-state index contributed by atoms with van der Waals surface area (Å²) in [5.74, 6) is 0. The number of halogens is 1. The van der Waals surface area contributed by atoms with Gasteiger partial charge in [-0.05, 0) is 13.8 Å². The monoisotopic (exact) mass is 90.0 g/mol. The van der Waals surface area contributed by atoms with E-state index in [-0.39, 0.29) is 0 Å². The van der Waals surface area contributed by atoms with E-state index in [1.165, 1.54) is 0 Å². The van der Waals surface area contributed by atoms with Crippen LogP contribution in [0.3, 0.4) is 0 Å². The molecule has 0 spiro atoms. The molecule has 30 valence electrons. The minimum atomic E-state index is 0.852. The third-order valence-electron chi connectivity index (χ3n) is 0.398. The molecule has 0 atom stereocenters. The second-order valence-corrected chi connectivity index (χ2v) is 1.47. The Morgan fingerprint density at radius 3 is 2.00 bits per heavy atom. The molecule has 0 rings (SSSR count). The molecule has 0 amide bonds. The van der Waals surface area contributed by atoms with Crippen LogP contribution in [0.4, 0.5) is 0 Å². The zero-order chi connectivity index (χ0) is 4.28. The summed E-state index contributed by atoms with van der Waals surface area (Å²) in [6, 6.07) is 0. The average molecular weight is 90.6 g/mol. The Morgan fingerprint density at radius 1 is 1.80 bits per heavy atom. The molecule has 0 bridgehead atoms. The van der Waals surface area contributed by atoms with Crippen LogP contribution < -0.4 is 0 Å². The average Bonchev–Trinajstić information content (AvgIpc) is 1.38. The third kappa shape index (κ3) is 4.03. The van der Waals surface area contributed by atoms with Crippen molar-refractivity contribution >= 4 is 11.6 Å². The Balaban J connectivity index is 3.14. The fourth-order valence-electron chi connectivity index (χ4n) is 0. The Labute approximate surface area is 37.4 Å². The SMILES string of the molecule is C/C=C(/C)Cl. The van der Waals surface area contributed by atoms with Gasteiger partial charge < -0.3 is 0 Å². The minimum Gasteiger partial charge on any atom is -0.0898 e. The standard InChI is InChI=1S/C4H7Cl/c1-3-4(2)5/h3H,1-2H3/b4-3-. The predicted molar refractivity (Wildman–Crippen MR) is 25.3 cm³/mol. The summed E-state index contributed by atoms with van der Waals surface area (Å²) >= 11 is 5.32. The lowest BCUT2D eigenvalue weighted by molar-refractivity contribution is 1.59. The molecular formula is C4H7Cl. The molecular weight excluding hydrogens is 83.5 g/mol. The Morgan fingerprint density at radius 2 is 2.00 bits per heavy atom. The topological polar surface area (TPSA) is 0 Å². The van der Waals surface area contributed by atoms with E-state index in [0.717, 1.165) is 5.03 Å².